The first-order chi connectivity index (χ1) is 16.1. The summed E-state index contributed by atoms with van der Waals surface area (Å²) in [6.45, 7) is 1.35. The molecule has 0 aliphatic carbocycles. The molecule has 1 atom stereocenters. The van der Waals surface area contributed by atoms with Crippen LogP contribution in [0.2, 0.25) is 0 Å². The van der Waals surface area contributed by atoms with E-state index in [4.69, 9.17) is 9.47 Å². The highest BCUT2D eigenvalue weighted by atomic mass is 32.2. The van der Waals surface area contributed by atoms with Crippen molar-refractivity contribution >= 4 is 23.6 Å². The summed E-state index contributed by atoms with van der Waals surface area (Å²) in [7, 11) is 1.62. The summed E-state index contributed by atoms with van der Waals surface area (Å²) in [5, 5.41) is 11.8. The number of hydrogen-bond acceptors (Lipinski definition) is 7. The third-order valence-corrected chi connectivity index (χ3v) is 6.26. The molecule has 2 amide bonds. The van der Waals surface area contributed by atoms with E-state index < -0.39 is 0 Å². The van der Waals surface area contributed by atoms with Gasteiger partial charge in [-0.25, -0.2) is 0 Å². The molecule has 1 unspecified atom stereocenters. The lowest BCUT2D eigenvalue weighted by molar-refractivity contribution is -0.128. The lowest BCUT2D eigenvalue weighted by Gasteiger charge is -2.15. The van der Waals surface area contributed by atoms with Gasteiger partial charge in [-0.15, -0.1) is 10.2 Å². The zero-order chi connectivity index (χ0) is 23.0. The maximum atomic E-state index is 12.4. The van der Waals surface area contributed by atoms with Crippen LogP contribution in [0.25, 0.3) is 11.4 Å². The fourth-order valence-electron chi connectivity index (χ4n) is 3.65. The number of hydrogen-bond donors (Lipinski definition) is 1. The summed E-state index contributed by atoms with van der Waals surface area (Å²) in [5.74, 6) is 0.837. The maximum absolute atomic E-state index is 12.4. The van der Waals surface area contributed by atoms with Gasteiger partial charge >= 0.3 is 0 Å². The average molecular weight is 467 g/mol. The van der Waals surface area contributed by atoms with Crippen molar-refractivity contribution in [3.63, 3.8) is 0 Å². The van der Waals surface area contributed by atoms with Crippen molar-refractivity contribution in [2.24, 2.45) is 0 Å². The zero-order valence-electron chi connectivity index (χ0n) is 18.4. The van der Waals surface area contributed by atoms with Crippen LogP contribution in [0.5, 0.6) is 5.75 Å². The number of methoxy groups -OCH3 is 1. The van der Waals surface area contributed by atoms with E-state index >= 15 is 0 Å². The number of nitrogens with zero attached hydrogens (tertiary/aromatic N) is 3. The van der Waals surface area contributed by atoms with Gasteiger partial charge in [0.25, 0.3) is 0 Å². The van der Waals surface area contributed by atoms with Crippen molar-refractivity contribution in [2.45, 2.75) is 37.1 Å². The topological polar surface area (TPSA) is 95.3 Å². The van der Waals surface area contributed by atoms with Crippen LogP contribution in [0.4, 0.5) is 0 Å². The number of thioether (sulfide) groups is 1. The van der Waals surface area contributed by atoms with Crippen LogP contribution in [-0.2, 0) is 27.3 Å². The minimum atomic E-state index is -0.362. The van der Waals surface area contributed by atoms with Crippen molar-refractivity contribution in [1.82, 2.24) is 20.1 Å². The molecule has 1 N–H and O–H groups in total. The number of carbonyl (C=O) groups is 2. The molecule has 3 aromatic rings. The molecule has 172 valence electrons. The molecule has 0 radical (unpaired) electrons. The fraction of sp³-hybridized carbons (Fsp3) is 0.333. The fourth-order valence-corrected chi connectivity index (χ4v) is 4.40. The molecule has 1 aliphatic rings. The third-order valence-electron chi connectivity index (χ3n) is 5.29. The van der Waals surface area contributed by atoms with Crippen LogP contribution in [0.3, 0.4) is 0 Å². The minimum absolute atomic E-state index is 0.0623. The Kier molecular flexibility index (Phi) is 7.74. The van der Waals surface area contributed by atoms with Gasteiger partial charge in [0.15, 0.2) is 11.0 Å². The molecular formula is C24H26N4O4S. The van der Waals surface area contributed by atoms with Gasteiger partial charge in [0.05, 0.1) is 31.9 Å². The molecular weight excluding hydrogens is 440 g/mol. The summed E-state index contributed by atoms with van der Waals surface area (Å²) in [4.78, 5) is 24.5. The van der Waals surface area contributed by atoms with Crippen LogP contribution in [0.1, 0.15) is 18.4 Å². The van der Waals surface area contributed by atoms with Gasteiger partial charge in [0, 0.05) is 12.2 Å². The second kappa shape index (κ2) is 11.1. The highest BCUT2D eigenvalue weighted by Gasteiger charge is 2.22. The zero-order valence-corrected chi connectivity index (χ0v) is 19.2. The standard InChI is InChI=1S/C24H26N4O4S/c1-31-19-11-9-18(10-12-19)23-26-27-24(28(23)15-20-8-5-13-32-20)33-16-22(30)25-21(29)14-17-6-3-2-4-7-17/h2-4,6-7,9-12,20H,5,8,13-16H2,1H3,(H,25,29,30). The van der Waals surface area contributed by atoms with Gasteiger partial charge < -0.3 is 9.47 Å². The summed E-state index contributed by atoms with van der Waals surface area (Å²) < 4.78 is 13.0. The summed E-state index contributed by atoms with van der Waals surface area (Å²) in [6.07, 6.45) is 2.24. The van der Waals surface area contributed by atoms with E-state index in [9.17, 15) is 9.59 Å². The highest BCUT2D eigenvalue weighted by Crippen LogP contribution is 2.27. The first kappa shape index (κ1) is 23.0. The number of amides is 2. The number of carbonyl (C=O) groups excluding carboxylic acids is 2. The Hall–Kier alpha value is -3.17. The van der Waals surface area contributed by atoms with E-state index in [1.165, 1.54) is 11.8 Å². The molecule has 1 aromatic heterocycles. The Morgan fingerprint density at radius 3 is 2.61 bits per heavy atom. The second-order valence-corrected chi connectivity index (χ2v) is 8.65. The van der Waals surface area contributed by atoms with E-state index in [0.29, 0.717) is 17.5 Å². The Morgan fingerprint density at radius 1 is 1.12 bits per heavy atom. The van der Waals surface area contributed by atoms with Gasteiger partial charge in [-0.3, -0.25) is 19.5 Å². The molecule has 0 bridgehead atoms. The predicted molar refractivity (Wildman–Crippen MR) is 125 cm³/mol. The molecule has 2 aromatic carbocycles. The van der Waals surface area contributed by atoms with Gasteiger partial charge in [-0.1, -0.05) is 42.1 Å². The molecule has 1 fully saturated rings. The molecule has 33 heavy (non-hydrogen) atoms. The van der Waals surface area contributed by atoms with E-state index in [-0.39, 0.29) is 30.1 Å². The van der Waals surface area contributed by atoms with Crippen molar-refractivity contribution in [2.75, 3.05) is 19.5 Å². The number of aromatic nitrogens is 3. The minimum Gasteiger partial charge on any atom is -0.497 e. The van der Waals surface area contributed by atoms with Crippen LogP contribution >= 0.6 is 11.8 Å². The molecule has 1 aliphatic heterocycles. The van der Waals surface area contributed by atoms with E-state index in [1.54, 1.807) is 7.11 Å². The van der Waals surface area contributed by atoms with Gasteiger partial charge in [0.1, 0.15) is 5.75 Å². The van der Waals surface area contributed by atoms with Crippen LogP contribution in [0, 0.1) is 0 Å². The van der Waals surface area contributed by atoms with Gasteiger partial charge in [-0.05, 0) is 42.7 Å². The van der Waals surface area contributed by atoms with Crippen LogP contribution in [0.15, 0.2) is 59.8 Å². The number of imide groups is 1. The SMILES string of the molecule is COc1ccc(-c2nnc(SCC(=O)NC(=O)Cc3ccccc3)n2CC2CCCO2)cc1. The van der Waals surface area contributed by atoms with E-state index in [1.807, 2.05) is 59.2 Å². The van der Waals surface area contributed by atoms with Gasteiger partial charge in [-0.2, -0.15) is 0 Å². The predicted octanol–water partition coefficient (Wildman–Crippen LogP) is 3.11. The Morgan fingerprint density at radius 2 is 1.91 bits per heavy atom. The monoisotopic (exact) mass is 466 g/mol. The maximum Gasteiger partial charge on any atom is 0.237 e. The third kappa shape index (κ3) is 6.21. The lowest BCUT2D eigenvalue weighted by atomic mass is 10.1. The quantitative estimate of drug-likeness (QED) is 0.484. The molecule has 0 spiro atoms. The highest BCUT2D eigenvalue weighted by molar-refractivity contribution is 7.99. The number of ether oxygens (including phenoxy) is 2. The Balaban J connectivity index is 1.43. The van der Waals surface area contributed by atoms with Gasteiger partial charge in [0.2, 0.25) is 11.8 Å². The lowest BCUT2D eigenvalue weighted by Crippen LogP contribution is -2.33. The molecule has 8 nitrogen and oxygen atoms in total. The smallest absolute Gasteiger partial charge is 0.237 e. The molecule has 0 saturated carbocycles. The second-order valence-electron chi connectivity index (χ2n) is 7.70. The molecule has 9 heteroatoms. The first-order valence-electron chi connectivity index (χ1n) is 10.8. The van der Waals surface area contributed by atoms with E-state index in [2.05, 4.69) is 15.5 Å². The van der Waals surface area contributed by atoms with Crippen molar-refractivity contribution in [3.05, 3.63) is 60.2 Å². The van der Waals surface area contributed by atoms with Crippen molar-refractivity contribution in [3.8, 4) is 17.1 Å². The van der Waals surface area contributed by atoms with Crippen molar-refractivity contribution in [1.29, 1.82) is 0 Å². The summed E-state index contributed by atoms with van der Waals surface area (Å²) >= 11 is 1.25. The summed E-state index contributed by atoms with van der Waals surface area (Å²) in [6, 6.07) is 16.9. The molecule has 4 rings (SSSR count). The normalized spacial score (nSPS) is 15.4. The molecule has 2 heterocycles. The number of rotatable bonds is 9. The number of nitrogens with one attached hydrogen (secondary N) is 1. The largest absolute Gasteiger partial charge is 0.497 e. The summed E-state index contributed by atoms with van der Waals surface area (Å²) in [5.41, 5.74) is 1.76. The van der Waals surface area contributed by atoms with Crippen molar-refractivity contribution < 1.29 is 19.1 Å². The Labute approximate surface area is 196 Å². The number of benzene rings is 2. The molecule has 1 saturated heterocycles. The van der Waals surface area contributed by atoms with E-state index in [0.717, 1.165) is 36.3 Å². The Bertz CT molecular complexity index is 1080. The first-order valence-corrected chi connectivity index (χ1v) is 11.8. The average Bonchev–Trinajstić information content (AvgIpc) is 3.49. The van der Waals surface area contributed by atoms with Crippen LogP contribution in [-0.4, -0.2) is 52.2 Å². The van der Waals surface area contributed by atoms with Crippen LogP contribution < -0.4 is 10.1 Å².